The van der Waals surface area contributed by atoms with E-state index in [9.17, 15) is 19.2 Å². The molecule has 224 valence electrons. The summed E-state index contributed by atoms with van der Waals surface area (Å²) in [6.07, 6.45) is 3.24. The van der Waals surface area contributed by atoms with Crippen LogP contribution in [0.3, 0.4) is 0 Å². The van der Waals surface area contributed by atoms with Crippen molar-refractivity contribution in [1.29, 1.82) is 0 Å². The zero-order chi connectivity index (χ0) is 30.7. The van der Waals surface area contributed by atoms with E-state index in [4.69, 9.17) is 15.2 Å². The van der Waals surface area contributed by atoms with Crippen LogP contribution in [0.2, 0.25) is 0 Å². The van der Waals surface area contributed by atoms with Gasteiger partial charge in [0.1, 0.15) is 24.0 Å². The molecule has 11 heteroatoms. The number of aromatic nitrogens is 2. The number of esters is 1. The molecule has 0 aliphatic heterocycles. The smallest absolute Gasteiger partial charge is 0.408 e. The third-order valence-corrected chi connectivity index (χ3v) is 6.30. The first kappa shape index (κ1) is 32.0. The van der Waals surface area contributed by atoms with E-state index < -0.39 is 41.7 Å². The van der Waals surface area contributed by atoms with Gasteiger partial charge in [-0.15, -0.1) is 0 Å². The summed E-state index contributed by atoms with van der Waals surface area (Å²) in [5.74, 6) is -1.66. The Hall–Kier alpha value is -4.51. The zero-order valence-electron chi connectivity index (χ0n) is 24.4. The van der Waals surface area contributed by atoms with Crippen LogP contribution in [0, 0.1) is 0 Å². The first-order valence-corrected chi connectivity index (χ1v) is 13.7. The zero-order valence-corrected chi connectivity index (χ0v) is 24.4. The number of carbonyl (C=O) groups is 4. The molecule has 42 heavy (non-hydrogen) atoms. The lowest BCUT2D eigenvalue weighted by Crippen LogP contribution is -2.54. The minimum absolute atomic E-state index is 0.0531. The second-order valence-electron chi connectivity index (χ2n) is 10.9. The highest BCUT2D eigenvalue weighted by Gasteiger charge is 2.30. The number of methoxy groups -OCH3 is 1. The van der Waals surface area contributed by atoms with Crippen molar-refractivity contribution < 1.29 is 28.7 Å². The Kier molecular flexibility index (Phi) is 11.4. The molecule has 4 N–H and O–H groups in total. The van der Waals surface area contributed by atoms with Crippen LogP contribution >= 0.6 is 0 Å². The summed E-state index contributed by atoms with van der Waals surface area (Å²) in [7, 11) is 1.20. The van der Waals surface area contributed by atoms with E-state index in [2.05, 4.69) is 15.6 Å². The number of amides is 2. The van der Waals surface area contributed by atoms with Gasteiger partial charge in [0, 0.05) is 19.0 Å². The number of nitrogens with one attached hydrogen (secondary N) is 2. The number of nitrogens with zero attached hydrogens (tertiary/aromatic N) is 2. The third-order valence-electron chi connectivity index (χ3n) is 6.30. The largest absolute Gasteiger partial charge is 0.467 e. The van der Waals surface area contributed by atoms with Crippen molar-refractivity contribution in [1.82, 2.24) is 20.2 Å². The van der Waals surface area contributed by atoms with E-state index in [-0.39, 0.29) is 18.7 Å². The molecule has 0 radical (unpaired) electrons. The van der Waals surface area contributed by atoms with Gasteiger partial charge in [0.2, 0.25) is 11.8 Å². The number of imidazole rings is 1. The normalized spacial score (nSPS) is 13.4. The lowest BCUT2D eigenvalue weighted by atomic mass is 10.0. The molecule has 0 fully saturated rings. The second-order valence-corrected chi connectivity index (χ2v) is 10.9. The van der Waals surface area contributed by atoms with Crippen LogP contribution in [0.1, 0.15) is 48.8 Å². The molecule has 1 unspecified atom stereocenters. The van der Waals surface area contributed by atoms with Crippen molar-refractivity contribution in [2.24, 2.45) is 5.73 Å². The molecule has 0 saturated heterocycles. The van der Waals surface area contributed by atoms with Gasteiger partial charge in [-0.05, 0) is 44.7 Å². The summed E-state index contributed by atoms with van der Waals surface area (Å²) in [4.78, 5) is 55.7. The molecule has 11 nitrogen and oxygen atoms in total. The number of hydrogen-bond donors (Lipinski definition) is 3. The summed E-state index contributed by atoms with van der Waals surface area (Å²) in [6, 6.07) is 15.9. The van der Waals surface area contributed by atoms with Crippen molar-refractivity contribution >= 4 is 23.9 Å². The van der Waals surface area contributed by atoms with Gasteiger partial charge in [-0.25, -0.2) is 14.6 Å². The molecule has 3 aromatic rings. The molecular formula is C31H39N5O6. The SMILES string of the molecule is COC(=O)[C@H](Cc1cn(C(=O)C(N)CCc2ccccc2)cn1)NC(=O)[C@H](Cc1ccccc1)NC(=O)OC(C)(C)C. The Bertz CT molecular complexity index is 1340. The number of nitrogens with two attached hydrogens (primary N) is 1. The fourth-order valence-electron chi connectivity index (χ4n) is 4.20. The molecular weight excluding hydrogens is 538 g/mol. The number of hydrogen-bond acceptors (Lipinski definition) is 8. The fraction of sp³-hybridized carbons (Fsp3) is 0.387. The Morgan fingerprint density at radius 1 is 0.905 bits per heavy atom. The van der Waals surface area contributed by atoms with Crippen molar-refractivity contribution in [3.05, 3.63) is 90.0 Å². The maximum atomic E-state index is 13.4. The average Bonchev–Trinajstić information content (AvgIpc) is 3.43. The van der Waals surface area contributed by atoms with Gasteiger partial charge in [0.25, 0.3) is 0 Å². The van der Waals surface area contributed by atoms with Gasteiger partial charge in [-0.1, -0.05) is 60.7 Å². The first-order chi connectivity index (χ1) is 19.9. The number of benzene rings is 2. The van der Waals surface area contributed by atoms with Crippen LogP contribution < -0.4 is 16.4 Å². The minimum atomic E-state index is -1.13. The van der Waals surface area contributed by atoms with Gasteiger partial charge in [0.05, 0.1) is 18.8 Å². The Morgan fingerprint density at radius 3 is 2.12 bits per heavy atom. The number of alkyl carbamates (subject to hydrolysis) is 1. The number of ether oxygens (including phenoxy) is 2. The van der Waals surface area contributed by atoms with Crippen LogP contribution in [0.4, 0.5) is 4.79 Å². The molecule has 2 amide bonds. The summed E-state index contributed by atoms with van der Waals surface area (Å²) in [6.45, 7) is 5.14. The standard InChI is InChI=1S/C31H39N5O6/c1-31(2,3)42-30(40)35-25(17-22-13-9-6-10-14-22)27(37)34-26(29(39)41-4)18-23-19-36(20-33-23)28(38)24(32)16-15-21-11-7-5-8-12-21/h5-14,19-20,24-26H,15-18,32H2,1-4H3,(H,34,37)(H,35,40)/t24?,25-,26-/m0/s1. The van der Waals surface area contributed by atoms with Gasteiger partial charge in [-0.2, -0.15) is 0 Å². The second kappa shape index (κ2) is 14.9. The summed E-state index contributed by atoms with van der Waals surface area (Å²) in [5, 5.41) is 5.26. The van der Waals surface area contributed by atoms with Crippen LogP contribution in [0.25, 0.3) is 0 Å². The maximum absolute atomic E-state index is 13.4. The summed E-state index contributed by atoms with van der Waals surface area (Å²) < 4.78 is 11.5. The highest BCUT2D eigenvalue weighted by atomic mass is 16.6. The van der Waals surface area contributed by atoms with Crippen LogP contribution in [-0.2, 0) is 38.3 Å². The van der Waals surface area contributed by atoms with Crippen molar-refractivity contribution in [3.8, 4) is 0 Å². The maximum Gasteiger partial charge on any atom is 0.408 e. The first-order valence-electron chi connectivity index (χ1n) is 13.7. The van der Waals surface area contributed by atoms with Crippen LogP contribution in [0.15, 0.2) is 73.2 Å². The van der Waals surface area contributed by atoms with Gasteiger partial charge >= 0.3 is 12.1 Å². The molecule has 3 rings (SSSR count). The molecule has 2 aromatic carbocycles. The summed E-state index contributed by atoms with van der Waals surface area (Å²) in [5.41, 5.74) is 7.62. The van der Waals surface area contributed by atoms with Crippen molar-refractivity contribution in [2.45, 2.75) is 70.2 Å². The number of aryl methyl sites for hydroxylation is 1. The molecule has 3 atom stereocenters. The molecule has 0 aliphatic rings. The van der Waals surface area contributed by atoms with E-state index >= 15 is 0 Å². The fourth-order valence-corrected chi connectivity index (χ4v) is 4.20. The minimum Gasteiger partial charge on any atom is -0.467 e. The molecule has 0 aliphatic carbocycles. The van der Waals surface area contributed by atoms with E-state index in [1.165, 1.54) is 24.2 Å². The number of rotatable bonds is 12. The quantitative estimate of drug-likeness (QED) is 0.278. The Labute approximate surface area is 245 Å². The summed E-state index contributed by atoms with van der Waals surface area (Å²) >= 11 is 0. The predicted octanol–water partition coefficient (Wildman–Crippen LogP) is 2.82. The lowest BCUT2D eigenvalue weighted by molar-refractivity contribution is -0.145. The van der Waals surface area contributed by atoms with Crippen molar-refractivity contribution in [2.75, 3.05) is 7.11 Å². The van der Waals surface area contributed by atoms with Crippen LogP contribution in [-0.4, -0.2) is 64.3 Å². The van der Waals surface area contributed by atoms with E-state index in [0.29, 0.717) is 18.5 Å². The van der Waals surface area contributed by atoms with E-state index in [1.807, 2.05) is 60.7 Å². The van der Waals surface area contributed by atoms with E-state index in [0.717, 1.165) is 11.1 Å². The van der Waals surface area contributed by atoms with Gasteiger partial charge in [0.15, 0.2) is 0 Å². The highest BCUT2D eigenvalue weighted by molar-refractivity contribution is 5.90. The topological polar surface area (TPSA) is 155 Å². The lowest BCUT2D eigenvalue weighted by Gasteiger charge is -2.25. The molecule has 0 bridgehead atoms. The Morgan fingerprint density at radius 2 is 1.52 bits per heavy atom. The molecule has 1 aromatic heterocycles. The highest BCUT2D eigenvalue weighted by Crippen LogP contribution is 2.11. The van der Waals surface area contributed by atoms with Gasteiger partial charge in [-0.3, -0.25) is 14.2 Å². The van der Waals surface area contributed by atoms with Gasteiger partial charge < -0.3 is 25.8 Å². The third kappa shape index (κ3) is 10.2. The monoisotopic (exact) mass is 577 g/mol. The molecule has 0 saturated carbocycles. The number of carbonyl (C=O) groups excluding carboxylic acids is 4. The molecule has 0 spiro atoms. The predicted molar refractivity (Wildman–Crippen MR) is 157 cm³/mol. The van der Waals surface area contributed by atoms with Crippen molar-refractivity contribution in [3.63, 3.8) is 0 Å². The van der Waals surface area contributed by atoms with Crippen LogP contribution in [0.5, 0.6) is 0 Å². The Balaban J connectivity index is 1.69. The van der Waals surface area contributed by atoms with E-state index in [1.54, 1.807) is 20.8 Å². The average molecular weight is 578 g/mol. The molecule has 1 heterocycles.